The van der Waals surface area contributed by atoms with E-state index in [1.807, 2.05) is 19.2 Å². The number of aryl methyl sites for hydroxylation is 2. The summed E-state index contributed by atoms with van der Waals surface area (Å²) in [6, 6.07) is 1.76. The Hall–Kier alpha value is -1.38. The second-order valence-corrected chi connectivity index (χ2v) is 8.14. The summed E-state index contributed by atoms with van der Waals surface area (Å²) in [5.41, 5.74) is 0.766. The third-order valence-corrected chi connectivity index (χ3v) is 6.55. The first kappa shape index (κ1) is 15.5. The van der Waals surface area contributed by atoms with Crippen molar-refractivity contribution < 1.29 is 13.2 Å². The molecule has 0 amide bonds. The molecule has 0 bridgehead atoms. The molecule has 3 rings (SSSR count). The Bertz CT molecular complexity index is 739. The average Bonchev–Trinajstić information content (AvgIpc) is 3.06. The number of hydrogen-bond acceptors (Lipinski definition) is 5. The third-order valence-electron chi connectivity index (χ3n) is 3.75. The van der Waals surface area contributed by atoms with Gasteiger partial charge < -0.3 is 4.74 Å². The number of nitrogens with one attached hydrogen (secondary N) is 1. The van der Waals surface area contributed by atoms with Crippen molar-refractivity contribution in [3.8, 4) is 0 Å². The lowest BCUT2D eigenvalue weighted by atomic mass is 10.1. The quantitative estimate of drug-likeness (QED) is 0.928. The number of ether oxygens (including phenoxy) is 1. The van der Waals surface area contributed by atoms with Crippen molar-refractivity contribution in [1.82, 2.24) is 9.78 Å². The van der Waals surface area contributed by atoms with Crippen LogP contribution in [0.1, 0.15) is 29.3 Å². The van der Waals surface area contributed by atoms with Gasteiger partial charge in [0.25, 0.3) is 10.0 Å². The number of hydrogen-bond donors (Lipinski definition) is 1. The molecule has 8 heteroatoms. The van der Waals surface area contributed by atoms with E-state index in [4.69, 9.17) is 4.74 Å². The Morgan fingerprint density at radius 1 is 1.45 bits per heavy atom. The standard InChI is InChI=1S/C14H19N3O3S2/c1-10-9-21-11(2)14(10)22(18,19)16-13-5-6-15-17(13)12-4-3-7-20-8-12/h5-6,9,12,16H,3-4,7-8H2,1-2H3. The van der Waals surface area contributed by atoms with Crippen molar-refractivity contribution in [3.63, 3.8) is 0 Å². The maximum absolute atomic E-state index is 12.7. The van der Waals surface area contributed by atoms with E-state index in [1.165, 1.54) is 11.3 Å². The summed E-state index contributed by atoms with van der Waals surface area (Å²) in [5.74, 6) is 0.487. The number of aromatic nitrogens is 2. The van der Waals surface area contributed by atoms with Gasteiger partial charge in [-0.25, -0.2) is 13.1 Å². The lowest BCUT2D eigenvalue weighted by Gasteiger charge is -2.24. The minimum Gasteiger partial charge on any atom is -0.379 e. The number of nitrogens with zero attached hydrogens (tertiary/aromatic N) is 2. The van der Waals surface area contributed by atoms with Crippen LogP contribution in [0.15, 0.2) is 22.5 Å². The molecule has 0 spiro atoms. The van der Waals surface area contributed by atoms with Crippen LogP contribution in [0.3, 0.4) is 0 Å². The summed E-state index contributed by atoms with van der Waals surface area (Å²) in [6.07, 6.45) is 3.51. The van der Waals surface area contributed by atoms with Crippen molar-refractivity contribution in [2.75, 3.05) is 17.9 Å². The molecule has 120 valence electrons. The van der Waals surface area contributed by atoms with Gasteiger partial charge in [0, 0.05) is 17.6 Å². The molecule has 1 atom stereocenters. The average molecular weight is 341 g/mol. The summed E-state index contributed by atoms with van der Waals surface area (Å²) in [6.45, 7) is 4.95. The molecule has 1 saturated heterocycles. The highest BCUT2D eigenvalue weighted by molar-refractivity contribution is 7.93. The van der Waals surface area contributed by atoms with Gasteiger partial charge in [0.05, 0.1) is 18.8 Å². The Labute approximate surface area is 134 Å². The predicted octanol–water partition coefficient (Wildman–Crippen LogP) is 2.71. The highest BCUT2D eigenvalue weighted by Crippen LogP contribution is 2.29. The lowest BCUT2D eigenvalue weighted by Crippen LogP contribution is -2.25. The Morgan fingerprint density at radius 2 is 2.27 bits per heavy atom. The molecule has 1 unspecified atom stereocenters. The van der Waals surface area contributed by atoms with Crippen molar-refractivity contribution >= 4 is 27.2 Å². The zero-order valence-corrected chi connectivity index (χ0v) is 14.2. The summed E-state index contributed by atoms with van der Waals surface area (Å²) in [5, 5.41) is 6.12. The molecule has 3 heterocycles. The maximum atomic E-state index is 12.7. The van der Waals surface area contributed by atoms with Gasteiger partial charge in [0.2, 0.25) is 0 Å². The fourth-order valence-corrected chi connectivity index (χ4v) is 5.44. The largest absolute Gasteiger partial charge is 0.379 e. The number of thiophene rings is 1. The molecule has 2 aromatic heterocycles. The predicted molar refractivity (Wildman–Crippen MR) is 85.9 cm³/mol. The molecule has 6 nitrogen and oxygen atoms in total. The van der Waals surface area contributed by atoms with Gasteiger partial charge >= 0.3 is 0 Å². The van der Waals surface area contributed by atoms with Crippen molar-refractivity contribution in [2.24, 2.45) is 0 Å². The van der Waals surface area contributed by atoms with Crippen LogP contribution in [-0.2, 0) is 14.8 Å². The van der Waals surface area contributed by atoms with Crippen LogP contribution >= 0.6 is 11.3 Å². The molecule has 1 N–H and O–H groups in total. The molecular weight excluding hydrogens is 322 g/mol. The molecule has 22 heavy (non-hydrogen) atoms. The van der Waals surface area contributed by atoms with E-state index in [9.17, 15) is 8.42 Å². The molecule has 1 aliphatic rings. The Balaban J connectivity index is 1.89. The first-order valence-electron chi connectivity index (χ1n) is 7.18. The first-order chi connectivity index (χ1) is 10.5. The first-order valence-corrected chi connectivity index (χ1v) is 9.54. The van der Waals surface area contributed by atoms with Crippen LogP contribution in [-0.4, -0.2) is 31.4 Å². The highest BCUT2D eigenvalue weighted by atomic mass is 32.2. The van der Waals surface area contributed by atoms with Crippen LogP contribution in [0.25, 0.3) is 0 Å². The third kappa shape index (κ3) is 2.90. The zero-order chi connectivity index (χ0) is 15.7. The monoisotopic (exact) mass is 341 g/mol. The second kappa shape index (κ2) is 6.02. The van der Waals surface area contributed by atoms with Crippen LogP contribution in [0, 0.1) is 13.8 Å². The minimum atomic E-state index is -3.60. The van der Waals surface area contributed by atoms with Gasteiger partial charge in [-0.1, -0.05) is 0 Å². The van der Waals surface area contributed by atoms with Gasteiger partial charge in [-0.05, 0) is 37.6 Å². The van der Waals surface area contributed by atoms with E-state index < -0.39 is 10.0 Å². The number of sulfonamides is 1. The van der Waals surface area contributed by atoms with Crippen molar-refractivity contribution in [2.45, 2.75) is 37.6 Å². The minimum absolute atomic E-state index is 0.0751. The summed E-state index contributed by atoms with van der Waals surface area (Å²) in [4.78, 5) is 1.15. The molecule has 1 fully saturated rings. The normalized spacial score (nSPS) is 19.3. The smallest absolute Gasteiger partial charge is 0.264 e. The SMILES string of the molecule is Cc1csc(C)c1S(=O)(=O)Nc1ccnn1C1CCCOC1. The fourth-order valence-electron chi connectivity index (χ4n) is 2.75. The molecule has 0 aromatic carbocycles. The molecule has 1 aliphatic heterocycles. The van der Waals surface area contributed by atoms with Crippen molar-refractivity contribution in [3.05, 3.63) is 28.1 Å². The van der Waals surface area contributed by atoms with Gasteiger partial charge in [-0.3, -0.25) is 4.72 Å². The highest BCUT2D eigenvalue weighted by Gasteiger charge is 2.25. The van der Waals surface area contributed by atoms with Crippen molar-refractivity contribution in [1.29, 1.82) is 0 Å². The van der Waals surface area contributed by atoms with Gasteiger partial charge in [-0.15, -0.1) is 11.3 Å². The van der Waals surface area contributed by atoms with E-state index >= 15 is 0 Å². The molecular formula is C14H19N3O3S2. The number of rotatable bonds is 4. The zero-order valence-electron chi connectivity index (χ0n) is 12.6. The molecule has 2 aromatic rings. The molecule has 0 saturated carbocycles. The molecule has 0 radical (unpaired) electrons. The number of anilines is 1. The Morgan fingerprint density at radius 3 is 2.91 bits per heavy atom. The molecule has 0 aliphatic carbocycles. The van der Waals surface area contributed by atoms with Crippen LogP contribution in [0.5, 0.6) is 0 Å². The fraction of sp³-hybridized carbons (Fsp3) is 0.500. The van der Waals surface area contributed by atoms with E-state index in [1.54, 1.807) is 16.9 Å². The van der Waals surface area contributed by atoms with E-state index in [0.717, 1.165) is 29.9 Å². The van der Waals surface area contributed by atoms with E-state index in [-0.39, 0.29) is 6.04 Å². The van der Waals surface area contributed by atoms with E-state index in [0.29, 0.717) is 17.3 Å². The van der Waals surface area contributed by atoms with E-state index in [2.05, 4.69) is 9.82 Å². The summed E-state index contributed by atoms with van der Waals surface area (Å²) in [7, 11) is -3.60. The van der Waals surface area contributed by atoms with Crippen LogP contribution in [0.2, 0.25) is 0 Å². The summed E-state index contributed by atoms with van der Waals surface area (Å²) < 4.78 is 35.2. The lowest BCUT2D eigenvalue weighted by molar-refractivity contribution is 0.0557. The summed E-state index contributed by atoms with van der Waals surface area (Å²) >= 11 is 1.44. The van der Waals surface area contributed by atoms with Crippen LogP contribution < -0.4 is 4.72 Å². The van der Waals surface area contributed by atoms with Crippen LogP contribution in [0.4, 0.5) is 5.82 Å². The van der Waals surface area contributed by atoms with Gasteiger partial charge in [0.15, 0.2) is 0 Å². The topological polar surface area (TPSA) is 73.2 Å². The second-order valence-electron chi connectivity index (χ2n) is 5.44. The van der Waals surface area contributed by atoms with Gasteiger partial charge in [0.1, 0.15) is 10.7 Å². The Kier molecular flexibility index (Phi) is 4.24. The maximum Gasteiger partial charge on any atom is 0.264 e. The van der Waals surface area contributed by atoms with Gasteiger partial charge in [-0.2, -0.15) is 5.10 Å².